The van der Waals surface area contributed by atoms with Gasteiger partial charge in [-0.3, -0.25) is 9.58 Å². The number of halogens is 6. The maximum Gasteiger partial charge on any atom is 0.490 e. The Hall–Kier alpha value is -3.89. The first-order chi connectivity index (χ1) is 20.5. The number of fused-ring (bicyclic) bond motifs is 1. The van der Waals surface area contributed by atoms with Crippen molar-refractivity contribution in [2.75, 3.05) is 31.1 Å². The number of alkyl halides is 6. The SMILES string of the molecule is CC(C)n1cnc2c(N3CCCC3)nc(C3CCN(Cc4cnn(C)c4)CC3)cc21.O=C(O)C(F)(F)F.O=C(O)C(F)(F)F. The third-order valence-electron chi connectivity index (χ3n) is 7.18. The fourth-order valence-electron chi connectivity index (χ4n) is 5.00. The van der Waals surface area contributed by atoms with Gasteiger partial charge in [0.1, 0.15) is 5.52 Å². The van der Waals surface area contributed by atoms with Gasteiger partial charge in [0.2, 0.25) is 0 Å². The van der Waals surface area contributed by atoms with Crippen molar-refractivity contribution in [3.05, 3.63) is 36.0 Å². The first kappa shape index (κ1) is 34.6. The number of carbonyl (C=O) groups is 2. The van der Waals surface area contributed by atoms with Crippen molar-refractivity contribution in [2.24, 2.45) is 7.05 Å². The van der Waals surface area contributed by atoms with Gasteiger partial charge >= 0.3 is 24.3 Å². The zero-order chi connectivity index (χ0) is 32.8. The molecule has 0 saturated carbocycles. The van der Waals surface area contributed by atoms with E-state index in [0.29, 0.717) is 12.0 Å². The highest BCUT2D eigenvalue weighted by Crippen LogP contribution is 2.34. The van der Waals surface area contributed by atoms with Crippen LogP contribution in [0.15, 0.2) is 24.8 Å². The normalized spacial score (nSPS) is 16.5. The topological polar surface area (TPSA) is 130 Å². The zero-order valence-corrected chi connectivity index (χ0v) is 24.4. The van der Waals surface area contributed by atoms with Crippen LogP contribution in [0.4, 0.5) is 32.2 Å². The molecule has 2 aliphatic heterocycles. The standard InChI is InChI=1S/C23H33N7.2C2HF3O2/c1-17(2)30-16-24-22-21(30)12-20(26-23(22)29-8-4-5-9-29)19-6-10-28(11-7-19)15-18-13-25-27(3)14-18;2*3-2(4,5)1(6)7/h12-14,16-17,19H,4-11,15H2,1-3H3;2*(H,6,7). The maximum absolute atomic E-state index is 10.6. The average Bonchev–Trinajstić information content (AvgIpc) is 3.70. The summed E-state index contributed by atoms with van der Waals surface area (Å²) < 4.78 is 67.7. The number of hydrogen-bond donors (Lipinski definition) is 2. The smallest absolute Gasteiger partial charge is 0.475 e. The highest BCUT2D eigenvalue weighted by Gasteiger charge is 2.39. The number of nitrogens with zero attached hydrogens (tertiary/aromatic N) is 7. The Morgan fingerprint density at radius 3 is 1.98 bits per heavy atom. The fraction of sp³-hybridized carbons (Fsp3) is 0.593. The van der Waals surface area contributed by atoms with Gasteiger partial charge < -0.3 is 19.7 Å². The summed E-state index contributed by atoms with van der Waals surface area (Å²) in [6.45, 7) is 9.88. The summed E-state index contributed by atoms with van der Waals surface area (Å²) in [5.74, 6) is -3.88. The van der Waals surface area contributed by atoms with E-state index < -0.39 is 24.3 Å². The van der Waals surface area contributed by atoms with Crippen LogP contribution in [0.3, 0.4) is 0 Å². The van der Waals surface area contributed by atoms with Crippen LogP contribution in [0.25, 0.3) is 11.0 Å². The zero-order valence-electron chi connectivity index (χ0n) is 24.4. The van der Waals surface area contributed by atoms with Crippen LogP contribution in [-0.4, -0.2) is 89.9 Å². The number of imidazole rings is 1. The third kappa shape index (κ3) is 9.30. The van der Waals surface area contributed by atoms with Gasteiger partial charge in [-0.25, -0.2) is 19.6 Å². The molecule has 5 heterocycles. The summed E-state index contributed by atoms with van der Waals surface area (Å²) in [6.07, 6.45) is 0.767. The number of aromatic nitrogens is 5. The fourth-order valence-corrected chi connectivity index (χ4v) is 5.00. The number of carboxylic acids is 2. The Labute approximate surface area is 249 Å². The van der Waals surface area contributed by atoms with E-state index in [-0.39, 0.29) is 0 Å². The van der Waals surface area contributed by atoms with E-state index in [4.69, 9.17) is 29.8 Å². The number of carboxylic acid groups (broad SMARTS) is 2. The molecule has 0 atom stereocenters. The van der Waals surface area contributed by atoms with Gasteiger partial charge in [-0.15, -0.1) is 0 Å². The number of piperidine rings is 1. The van der Waals surface area contributed by atoms with Crippen LogP contribution in [0.5, 0.6) is 0 Å². The van der Waals surface area contributed by atoms with E-state index in [0.717, 1.165) is 56.9 Å². The van der Waals surface area contributed by atoms with Gasteiger partial charge in [-0.05, 0) is 58.7 Å². The molecule has 2 saturated heterocycles. The summed E-state index contributed by atoms with van der Waals surface area (Å²) in [4.78, 5) is 32.8. The van der Waals surface area contributed by atoms with Crippen molar-refractivity contribution in [3.8, 4) is 0 Å². The van der Waals surface area contributed by atoms with Gasteiger partial charge in [-0.2, -0.15) is 31.4 Å². The quantitative estimate of drug-likeness (QED) is 0.373. The average molecular weight is 636 g/mol. The van der Waals surface area contributed by atoms with Crippen molar-refractivity contribution >= 4 is 28.8 Å². The molecule has 0 radical (unpaired) electrons. The molecule has 3 aromatic rings. The van der Waals surface area contributed by atoms with Crippen LogP contribution in [0, 0.1) is 0 Å². The van der Waals surface area contributed by atoms with Gasteiger partial charge in [0, 0.05) is 56.1 Å². The minimum absolute atomic E-state index is 0.401. The summed E-state index contributed by atoms with van der Waals surface area (Å²) in [5.41, 5.74) is 4.87. The van der Waals surface area contributed by atoms with Crippen LogP contribution < -0.4 is 4.90 Å². The second-order valence-corrected chi connectivity index (χ2v) is 10.9. The number of anilines is 1. The lowest BCUT2D eigenvalue weighted by atomic mass is 9.92. The number of rotatable bonds is 5. The van der Waals surface area contributed by atoms with Gasteiger partial charge in [-0.1, -0.05) is 0 Å². The third-order valence-corrected chi connectivity index (χ3v) is 7.18. The van der Waals surface area contributed by atoms with Crippen LogP contribution >= 0.6 is 0 Å². The Bertz CT molecular complexity index is 1380. The number of likely N-dealkylation sites (tertiary alicyclic amines) is 1. The highest BCUT2D eigenvalue weighted by atomic mass is 19.4. The van der Waals surface area contributed by atoms with Crippen LogP contribution in [0.1, 0.15) is 62.7 Å². The Kier molecular flexibility index (Phi) is 11.2. The maximum atomic E-state index is 10.6. The highest BCUT2D eigenvalue weighted by molar-refractivity contribution is 5.87. The summed E-state index contributed by atoms with van der Waals surface area (Å²) >= 11 is 0. The first-order valence-electron chi connectivity index (χ1n) is 13.9. The minimum atomic E-state index is -5.08. The second kappa shape index (κ2) is 14.3. The molecule has 5 rings (SSSR count). The molecule has 0 amide bonds. The Morgan fingerprint density at radius 2 is 1.52 bits per heavy atom. The molecule has 0 aromatic carbocycles. The van der Waals surface area contributed by atoms with Crippen molar-refractivity contribution in [2.45, 2.75) is 70.4 Å². The molecule has 244 valence electrons. The number of pyridine rings is 1. The molecule has 44 heavy (non-hydrogen) atoms. The lowest BCUT2D eigenvalue weighted by Crippen LogP contribution is -2.32. The molecular weight excluding hydrogens is 600 g/mol. The molecule has 0 aliphatic carbocycles. The summed E-state index contributed by atoms with van der Waals surface area (Å²) in [7, 11) is 1.98. The van der Waals surface area contributed by atoms with Crippen molar-refractivity contribution < 1.29 is 46.1 Å². The molecule has 0 spiro atoms. The van der Waals surface area contributed by atoms with Crippen molar-refractivity contribution in [1.82, 2.24) is 29.2 Å². The monoisotopic (exact) mass is 635 g/mol. The van der Waals surface area contributed by atoms with Crippen molar-refractivity contribution in [1.29, 1.82) is 0 Å². The number of aryl methyl sites for hydroxylation is 1. The van der Waals surface area contributed by atoms with Gasteiger partial charge in [0.05, 0.1) is 18.0 Å². The van der Waals surface area contributed by atoms with Gasteiger partial charge in [0.25, 0.3) is 0 Å². The van der Waals surface area contributed by atoms with Crippen LogP contribution in [-0.2, 0) is 23.2 Å². The molecular formula is C27H35F6N7O4. The predicted molar refractivity (Wildman–Crippen MR) is 147 cm³/mol. The number of aliphatic carboxylic acids is 2. The van der Waals surface area contributed by atoms with E-state index >= 15 is 0 Å². The molecule has 0 bridgehead atoms. The molecule has 2 N–H and O–H groups in total. The minimum Gasteiger partial charge on any atom is -0.475 e. The first-order valence-corrected chi connectivity index (χ1v) is 13.9. The van der Waals surface area contributed by atoms with E-state index in [1.807, 2.05) is 24.3 Å². The molecule has 17 heteroatoms. The molecule has 2 fully saturated rings. The van der Waals surface area contributed by atoms with E-state index in [9.17, 15) is 26.3 Å². The molecule has 0 unspecified atom stereocenters. The number of hydrogen-bond acceptors (Lipinski definition) is 7. The largest absolute Gasteiger partial charge is 0.490 e. The van der Waals surface area contributed by atoms with Crippen molar-refractivity contribution in [3.63, 3.8) is 0 Å². The van der Waals surface area contributed by atoms with Gasteiger partial charge in [0.15, 0.2) is 5.82 Å². The predicted octanol–water partition coefficient (Wildman–Crippen LogP) is 4.99. The molecule has 3 aromatic heterocycles. The second-order valence-electron chi connectivity index (χ2n) is 10.9. The van der Waals surface area contributed by atoms with E-state index in [2.05, 4.69) is 45.6 Å². The van der Waals surface area contributed by atoms with E-state index in [1.165, 1.54) is 29.6 Å². The summed E-state index contributed by atoms with van der Waals surface area (Å²) in [6, 6.07) is 2.72. The molecule has 2 aliphatic rings. The van der Waals surface area contributed by atoms with Crippen LogP contribution in [0.2, 0.25) is 0 Å². The Morgan fingerprint density at radius 1 is 0.977 bits per heavy atom. The van der Waals surface area contributed by atoms with E-state index in [1.54, 1.807) is 0 Å². The molecule has 11 nitrogen and oxygen atoms in total. The lowest BCUT2D eigenvalue weighted by molar-refractivity contribution is -0.193. The summed E-state index contributed by atoms with van der Waals surface area (Å²) in [5, 5.41) is 18.6. The lowest BCUT2D eigenvalue weighted by Gasteiger charge is -2.32. The Balaban J connectivity index is 0.000000317.